The number of piperidine rings is 1. The number of aromatic nitrogens is 2. The third-order valence-corrected chi connectivity index (χ3v) is 10.7. The van der Waals surface area contributed by atoms with E-state index in [-0.39, 0.29) is 5.91 Å². The smallest absolute Gasteiger partial charge is 0.257 e. The Morgan fingerprint density at radius 3 is 1.67 bits per heavy atom. The van der Waals surface area contributed by atoms with Crippen LogP contribution in [0, 0.1) is 23.7 Å². The van der Waals surface area contributed by atoms with Gasteiger partial charge in [-0.25, -0.2) is 0 Å². The maximum absolute atomic E-state index is 13.4. The monoisotopic (exact) mass is 715 g/mol. The Morgan fingerprint density at radius 2 is 1.25 bits per heavy atom. The number of aryl methyl sites for hydroxylation is 1. The van der Waals surface area contributed by atoms with Gasteiger partial charge >= 0.3 is 0 Å². The highest BCUT2D eigenvalue weighted by atomic mass is 16.5. The van der Waals surface area contributed by atoms with Gasteiger partial charge in [0.2, 0.25) is 0 Å². The van der Waals surface area contributed by atoms with Crippen LogP contribution in [0.2, 0.25) is 0 Å². The minimum Gasteiger partial charge on any atom is -0.394 e. The molecule has 14 heteroatoms. The lowest BCUT2D eigenvalue weighted by Crippen LogP contribution is -2.58. The van der Waals surface area contributed by atoms with Crippen molar-refractivity contribution in [2.75, 3.05) is 26.3 Å². The van der Waals surface area contributed by atoms with Gasteiger partial charge < -0.3 is 55.2 Å². The molecule has 1 aromatic heterocycles. The van der Waals surface area contributed by atoms with Gasteiger partial charge in [-0.15, -0.1) is 0 Å². The third kappa shape index (κ3) is 6.31. The van der Waals surface area contributed by atoms with Gasteiger partial charge in [0.1, 0.15) is 61.0 Å². The number of nitrogens with zero attached hydrogens (tertiary/aromatic N) is 3. The second-order valence-electron chi connectivity index (χ2n) is 13.8. The number of hydrogen-bond acceptors (Lipinski definition) is 12. The number of carbonyl (C=O) groups excluding carboxylic acids is 1. The number of ether oxygens (including phenoxy) is 2. The molecule has 2 aromatic carbocycles. The Balaban J connectivity index is 1.22. The number of hydrogen-bond donors (Lipinski definition) is 8. The van der Waals surface area contributed by atoms with E-state index in [0.29, 0.717) is 42.6 Å². The number of likely N-dealkylation sites (tertiary alicyclic amines) is 1. The van der Waals surface area contributed by atoms with E-state index in [9.17, 15) is 45.6 Å². The van der Waals surface area contributed by atoms with Crippen LogP contribution in [-0.4, -0.2) is 149 Å². The van der Waals surface area contributed by atoms with Crippen LogP contribution in [0.4, 0.5) is 0 Å². The summed E-state index contributed by atoms with van der Waals surface area (Å²) >= 11 is 0. The average Bonchev–Trinajstić information content (AvgIpc) is 3.71. The minimum atomic E-state index is -1.54. The van der Waals surface area contributed by atoms with Crippen molar-refractivity contribution < 1.29 is 55.1 Å². The predicted molar refractivity (Wildman–Crippen MR) is 182 cm³/mol. The molecule has 1 spiro atoms. The summed E-state index contributed by atoms with van der Waals surface area (Å²) in [5, 5.41) is 85.1. The van der Waals surface area contributed by atoms with Crippen LogP contribution in [0.15, 0.2) is 48.8 Å². The normalized spacial score (nSPS) is 31.9. The largest absolute Gasteiger partial charge is 0.394 e. The second-order valence-corrected chi connectivity index (χ2v) is 13.8. The molecule has 7 rings (SSSR count). The summed E-state index contributed by atoms with van der Waals surface area (Å²) in [4.78, 5) is 15.2. The van der Waals surface area contributed by atoms with E-state index in [2.05, 4.69) is 28.8 Å². The summed E-state index contributed by atoms with van der Waals surface area (Å²) in [6.45, 7) is -0.210. The molecule has 4 heterocycles. The lowest BCUT2D eigenvalue weighted by molar-refractivity contribution is -0.214. The number of carbonyl (C=O) groups is 1. The van der Waals surface area contributed by atoms with Crippen molar-refractivity contribution in [3.05, 3.63) is 76.6 Å². The van der Waals surface area contributed by atoms with E-state index in [0.717, 1.165) is 22.3 Å². The number of benzene rings is 2. The quantitative estimate of drug-likeness (QED) is 0.138. The maximum atomic E-state index is 13.4. The van der Waals surface area contributed by atoms with Gasteiger partial charge in [-0.05, 0) is 59.4 Å². The van der Waals surface area contributed by atoms with E-state index < -0.39 is 79.7 Å². The average molecular weight is 716 g/mol. The van der Waals surface area contributed by atoms with Crippen molar-refractivity contribution in [1.29, 1.82) is 0 Å². The van der Waals surface area contributed by atoms with Crippen LogP contribution in [0.5, 0.6) is 0 Å². The topological polar surface area (TPSA) is 218 Å². The highest BCUT2D eigenvalue weighted by molar-refractivity contribution is 5.94. The third-order valence-electron chi connectivity index (χ3n) is 10.7. The molecule has 1 aliphatic carbocycles. The molecule has 0 bridgehead atoms. The summed E-state index contributed by atoms with van der Waals surface area (Å²) in [7, 11) is 1.75. The maximum Gasteiger partial charge on any atom is 0.257 e. The fourth-order valence-corrected chi connectivity index (χ4v) is 7.75. The van der Waals surface area contributed by atoms with Crippen LogP contribution < -0.4 is 0 Å². The standard InChI is InChI=1S/C38H41N3O11/c1-40-17-22(16-39-40)37(50)41-12-10-38(11-13-41)25-14-20(4-8-27-31(44)35(48)33(46)29(18-42)51-27)2-6-23(25)24-7-3-21(15-26(24)38)5-9-28-32(45)36(49)34(47)30(19-43)52-28/h2-3,6-7,14-17,27-36,42-49H,10-13,18-19H2,1H3/t27-,28-,29-,30-,31-,32-,33-,34-,35-,36-/m1/s1. The van der Waals surface area contributed by atoms with Crippen molar-refractivity contribution in [3.63, 3.8) is 0 Å². The van der Waals surface area contributed by atoms with Crippen LogP contribution >= 0.6 is 0 Å². The first-order chi connectivity index (χ1) is 24.9. The number of aliphatic hydroxyl groups excluding tert-OH is 8. The Bertz CT molecular complexity index is 1840. The van der Waals surface area contributed by atoms with Crippen molar-refractivity contribution in [3.8, 4) is 34.8 Å². The highest BCUT2D eigenvalue weighted by Crippen LogP contribution is 2.54. The molecule has 0 unspecified atom stereocenters. The molecule has 3 aromatic rings. The van der Waals surface area contributed by atoms with Gasteiger partial charge in [0.05, 0.1) is 25.0 Å². The van der Waals surface area contributed by atoms with E-state index in [1.54, 1.807) is 24.1 Å². The lowest BCUT2D eigenvalue weighted by atomic mass is 9.70. The van der Waals surface area contributed by atoms with Gasteiger partial charge in [-0.3, -0.25) is 9.48 Å². The Morgan fingerprint density at radius 1 is 0.769 bits per heavy atom. The molecular formula is C38H41N3O11. The minimum absolute atomic E-state index is 0.111. The molecule has 14 nitrogen and oxygen atoms in total. The van der Waals surface area contributed by atoms with Gasteiger partial charge in [0.25, 0.3) is 5.91 Å². The fraction of sp³-hybridized carbons (Fsp3) is 0.474. The first-order valence-electron chi connectivity index (χ1n) is 17.2. The predicted octanol–water partition coefficient (Wildman–Crippen LogP) is -1.99. The molecule has 0 saturated carbocycles. The first-order valence-corrected chi connectivity index (χ1v) is 17.2. The number of amides is 1. The molecule has 0 radical (unpaired) electrons. The SMILES string of the molecule is Cn1cc(C(=O)N2CCC3(CC2)c2cc(C#C[C@H]4O[C@H](CO)[C@@H](O)[C@H](O)[C@@H]4O)ccc2-c2ccc(C#C[C@H]4O[C@H](CO)[C@@H](O)[C@H](O)[C@@H]4O)cc23)cn1. The molecule has 3 aliphatic heterocycles. The summed E-state index contributed by atoms with van der Waals surface area (Å²) in [6.07, 6.45) is -9.10. The summed E-state index contributed by atoms with van der Waals surface area (Å²) < 4.78 is 12.8. The van der Waals surface area contributed by atoms with Crippen LogP contribution in [0.25, 0.3) is 11.1 Å². The van der Waals surface area contributed by atoms with Crippen molar-refractivity contribution in [1.82, 2.24) is 14.7 Å². The van der Waals surface area contributed by atoms with Crippen molar-refractivity contribution >= 4 is 5.91 Å². The summed E-state index contributed by atoms with van der Waals surface area (Å²) in [5.41, 5.74) is 5.13. The van der Waals surface area contributed by atoms with Gasteiger partial charge in [-0.2, -0.15) is 5.10 Å². The molecule has 1 amide bonds. The van der Waals surface area contributed by atoms with E-state index in [4.69, 9.17) is 9.47 Å². The Hall–Kier alpha value is -4.16. The zero-order valence-electron chi connectivity index (χ0n) is 28.3. The van der Waals surface area contributed by atoms with Crippen LogP contribution in [0.1, 0.15) is 45.5 Å². The molecule has 8 N–H and O–H groups in total. The number of rotatable bonds is 3. The van der Waals surface area contributed by atoms with Gasteiger partial charge in [0, 0.05) is 42.9 Å². The molecule has 10 atom stereocenters. The molecule has 4 aliphatic rings. The van der Waals surface area contributed by atoms with Crippen molar-refractivity contribution in [2.24, 2.45) is 7.05 Å². The fourth-order valence-electron chi connectivity index (χ4n) is 7.75. The highest BCUT2D eigenvalue weighted by Gasteiger charge is 2.47. The van der Waals surface area contributed by atoms with E-state index in [1.807, 2.05) is 41.3 Å². The van der Waals surface area contributed by atoms with Crippen molar-refractivity contribution in [2.45, 2.75) is 79.3 Å². The summed E-state index contributed by atoms with van der Waals surface area (Å²) in [6, 6.07) is 11.6. The zero-order chi connectivity index (χ0) is 36.9. The molecule has 274 valence electrons. The Labute approximate surface area is 299 Å². The van der Waals surface area contributed by atoms with Gasteiger partial charge in [0.15, 0.2) is 0 Å². The summed E-state index contributed by atoms with van der Waals surface area (Å²) in [5.74, 6) is 11.7. The molecule has 3 saturated heterocycles. The van der Waals surface area contributed by atoms with E-state index in [1.165, 1.54) is 0 Å². The molecule has 3 fully saturated rings. The second kappa shape index (κ2) is 14.3. The lowest BCUT2D eigenvalue weighted by Gasteiger charge is -2.41. The first kappa shape index (κ1) is 36.2. The van der Waals surface area contributed by atoms with Crippen LogP contribution in [0.3, 0.4) is 0 Å². The number of fused-ring (bicyclic) bond motifs is 5. The van der Waals surface area contributed by atoms with E-state index >= 15 is 0 Å². The van der Waals surface area contributed by atoms with Crippen LogP contribution in [-0.2, 0) is 21.9 Å². The number of aliphatic hydroxyl groups is 8. The molecular weight excluding hydrogens is 674 g/mol. The molecule has 52 heavy (non-hydrogen) atoms. The van der Waals surface area contributed by atoms with Gasteiger partial charge in [-0.1, -0.05) is 35.8 Å². The zero-order valence-corrected chi connectivity index (χ0v) is 28.3. The Kier molecular flexibility index (Phi) is 9.99.